The smallest absolute Gasteiger partial charge is 0.219 e. The van der Waals surface area contributed by atoms with E-state index in [1.165, 1.54) is 0 Å². The molecule has 144 valence electrons. The van der Waals surface area contributed by atoms with Crippen LogP contribution in [0.1, 0.15) is 25.3 Å². The maximum Gasteiger partial charge on any atom is 0.219 e. The minimum atomic E-state index is -1.45. The quantitative estimate of drug-likeness (QED) is 0.828. The summed E-state index contributed by atoms with van der Waals surface area (Å²) in [7, 11) is 0. The Morgan fingerprint density at radius 3 is 2.31 bits per heavy atom. The summed E-state index contributed by atoms with van der Waals surface area (Å²) in [5, 5.41) is 9.76. The van der Waals surface area contributed by atoms with Gasteiger partial charge in [-0.1, -0.05) is 0 Å². The Hall–Kier alpha value is -1.60. The number of hydrogen-bond acceptors (Lipinski definition) is 3. The van der Waals surface area contributed by atoms with E-state index in [-0.39, 0.29) is 18.4 Å². The van der Waals surface area contributed by atoms with Crippen molar-refractivity contribution < 1.29 is 23.1 Å². The highest BCUT2D eigenvalue weighted by molar-refractivity contribution is 5.73. The van der Waals surface area contributed by atoms with E-state index in [4.69, 9.17) is 0 Å². The fourth-order valence-electron chi connectivity index (χ4n) is 4.44. The zero-order valence-corrected chi connectivity index (χ0v) is 14.9. The lowest BCUT2D eigenvalue weighted by Crippen LogP contribution is -2.40. The number of benzene rings is 1. The number of aliphatic hydroxyl groups is 1. The summed E-state index contributed by atoms with van der Waals surface area (Å²) in [5.74, 6) is -2.87. The molecule has 3 rings (SSSR count). The first-order chi connectivity index (χ1) is 12.4. The van der Waals surface area contributed by atoms with Crippen LogP contribution in [0.4, 0.5) is 13.2 Å². The predicted octanol–water partition coefficient (Wildman–Crippen LogP) is 2.40. The first-order valence-corrected chi connectivity index (χ1v) is 9.11. The maximum atomic E-state index is 13.4. The Labute approximate surface area is 151 Å². The Kier molecular flexibility index (Phi) is 5.87. The second kappa shape index (κ2) is 7.96. The van der Waals surface area contributed by atoms with E-state index < -0.39 is 17.5 Å². The van der Waals surface area contributed by atoms with Gasteiger partial charge in [0.2, 0.25) is 5.91 Å². The molecule has 2 heterocycles. The number of amides is 1. The fraction of sp³-hybridized carbons (Fsp3) is 0.632. The van der Waals surface area contributed by atoms with Crippen LogP contribution >= 0.6 is 0 Å². The lowest BCUT2D eigenvalue weighted by Gasteiger charge is -2.36. The summed E-state index contributed by atoms with van der Waals surface area (Å²) in [5.41, 5.74) is 0.394. The normalized spacial score (nSPS) is 25.0. The highest BCUT2D eigenvalue weighted by Crippen LogP contribution is 2.36. The average molecular weight is 370 g/mol. The monoisotopic (exact) mass is 370 g/mol. The Balaban J connectivity index is 1.63. The molecule has 26 heavy (non-hydrogen) atoms. The van der Waals surface area contributed by atoms with Gasteiger partial charge < -0.3 is 10.0 Å². The van der Waals surface area contributed by atoms with E-state index in [2.05, 4.69) is 4.90 Å². The van der Waals surface area contributed by atoms with Gasteiger partial charge in [-0.2, -0.15) is 0 Å². The maximum absolute atomic E-state index is 13.4. The van der Waals surface area contributed by atoms with Gasteiger partial charge in [-0.15, -0.1) is 0 Å². The van der Waals surface area contributed by atoms with Gasteiger partial charge >= 0.3 is 0 Å². The molecule has 0 aliphatic carbocycles. The lowest BCUT2D eigenvalue weighted by molar-refractivity contribution is -0.130. The van der Waals surface area contributed by atoms with Crippen molar-refractivity contribution in [1.82, 2.24) is 9.80 Å². The Morgan fingerprint density at radius 1 is 1.15 bits per heavy atom. The van der Waals surface area contributed by atoms with Gasteiger partial charge in [0.1, 0.15) is 0 Å². The van der Waals surface area contributed by atoms with Crippen LogP contribution in [0.25, 0.3) is 0 Å². The minimum Gasteiger partial charge on any atom is -0.396 e. The number of hydrogen-bond donors (Lipinski definition) is 1. The van der Waals surface area contributed by atoms with Gasteiger partial charge in [0.05, 0.1) is 0 Å². The van der Waals surface area contributed by atoms with Crippen LogP contribution in [0.3, 0.4) is 0 Å². The van der Waals surface area contributed by atoms with E-state index in [1.807, 2.05) is 4.90 Å². The van der Waals surface area contributed by atoms with Crippen molar-refractivity contribution in [1.29, 1.82) is 0 Å². The van der Waals surface area contributed by atoms with E-state index in [1.54, 1.807) is 6.92 Å². The van der Waals surface area contributed by atoms with Crippen molar-refractivity contribution in [2.45, 2.75) is 26.3 Å². The van der Waals surface area contributed by atoms with Gasteiger partial charge in [0.15, 0.2) is 17.5 Å². The average Bonchev–Trinajstić information content (AvgIpc) is 3.02. The van der Waals surface area contributed by atoms with Gasteiger partial charge in [-0.3, -0.25) is 9.69 Å². The molecule has 4 nitrogen and oxygen atoms in total. The number of rotatable bonds is 4. The molecule has 1 aromatic rings. The molecule has 2 aliphatic heterocycles. The number of halogens is 3. The topological polar surface area (TPSA) is 43.8 Å². The molecule has 1 amide bonds. The molecule has 0 radical (unpaired) electrons. The van der Waals surface area contributed by atoms with Crippen LogP contribution in [-0.2, 0) is 11.3 Å². The highest BCUT2D eigenvalue weighted by atomic mass is 19.2. The van der Waals surface area contributed by atoms with Crippen molar-refractivity contribution in [2.24, 2.45) is 17.8 Å². The molecule has 1 N–H and O–H groups in total. The van der Waals surface area contributed by atoms with E-state index >= 15 is 0 Å². The third-order valence-corrected chi connectivity index (χ3v) is 5.84. The van der Waals surface area contributed by atoms with Gasteiger partial charge in [0, 0.05) is 46.3 Å². The Bertz CT molecular complexity index is 639. The van der Waals surface area contributed by atoms with Gasteiger partial charge in [0.25, 0.3) is 0 Å². The summed E-state index contributed by atoms with van der Waals surface area (Å²) in [4.78, 5) is 15.4. The molecule has 2 fully saturated rings. The third-order valence-electron chi connectivity index (χ3n) is 5.84. The lowest BCUT2D eigenvalue weighted by atomic mass is 9.79. The van der Waals surface area contributed by atoms with Gasteiger partial charge in [-0.05, 0) is 48.3 Å². The summed E-state index contributed by atoms with van der Waals surface area (Å²) < 4.78 is 40.0. The SMILES string of the molecule is CC(=O)N1CCC([C@@H]2CN(Cc3cc(F)c(F)c(F)c3)C[C@H]2CO)CC1. The van der Waals surface area contributed by atoms with E-state index in [9.17, 15) is 23.1 Å². The second-order valence-corrected chi connectivity index (χ2v) is 7.52. The van der Waals surface area contributed by atoms with Crippen LogP contribution < -0.4 is 0 Å². The summed E-state index contributed by atoms with van der Waals surface area (Å²) in [6.45, 7) is 4.83. The molecule has 2 aliphatic rings. The number of nitrogens with zero attached hydrogens (tertiary/aromatic N) is 2. The molecule has 1 aromatic carbocycles. The number of likely N-dealkylation sites (tertiary alicyclic amines) is 2. The van der Waals surface area contributed by atoms with Crippen molar-refractivity contribution in [3.63, 3.8) is 0 Å². The standard InChI is InChI=1S/C19H25F3N2O2/c1-12(26)24-4-2-14(3-5-24)16-10-23(9-15(16)11-25)8-13-6-17(20)19(22)18(21)7-13/h6-7,14-16,25H,2-5,8-11H2,1H3/t15-,16-/m0/s1. The number of aliphatic hydroxyl groups excluding tert-OH is 1. The van der Waals surface area contributed by atoms with Crippen molar-refractivity contribution in [3.05, 3.63) is 35.1 Å². The third kappa shape index (κ3) is 4.04. The molecule has 2 saturated heterocycles. The van der Waals surface area contributed by atoms with E-state index in [0.717, 1.165) is 44.6 Å². The molecule has 0 aromatic heterocycles. The van der Waals surface area contributed by atoms with E-state index in [0.29, 0.717) is 30.5 Å². The molecule has 7 heteroatoms. The summed E-state index contributed by atoms with van der Waals surface area (Å²) >= 11 is 0. The van der Waals surface area contributed by atoms with Gasteiger partial charge in [-0.25, -0.2) is 13.2 Å². The Morgan fingerprint density at radius 2 is 1.77 bits per heavy atom. The zero-order valence-electron chi connectivity index (χ0n) is 14.9. The molecule has 0 spiro atoms. The summed E-state index contributed by atoms with van der Waals surface area (Å²) in [6, 6.07) is 2.07. The molecule has 2 atom stereocenters. The molecular formula is C19H25F3N2O2. The first-order valence-electron chi connectivity index (χ1n) is 9.11. The molecule has 0 unspecified atom stereocenters. The number of piperidine rings is 1. The summed E-state index contributed by atoms with van der Waals surface area (Å²) in [6.07, 6.45) is 1.82. The minimum absolute atomic E-state index is 0.0697. The predicted molar refractivity (Wildman–Crippen MR) is 90.6 cm³/mol. The molecule has 0 saturated carbocycles. The first kappa shape index (κ1) is 19.2. The highest BCUT2D eigenvalue weighted by Gasteiger charge is 2.38. The fourth-order valence-corrected chi connectivity index (χ4v) is 4.44. The van der Waals surface area contributed by atoms with Crippen molar-refractivity contribution in [3.8, 4) is 0 Å². The second-order valence-electron chi connectivity index (χ2n) is 7.52. The zero-order chi connectivity index (χ0) is 18.8. The van der Waals surface area contributed by atoms with Crippen molar-refractivity contribution in [2.75, 3.05) is 32.8 Å². The van der Waals surface area contributed by atoms with Crippen LogP contribution in [0.15, 0.2) is 12.1 Å². The number of carbonyl (C=O) groups excluding carboxylic acids is 1. The number of carbonyl (C=O) groups is 1. The van der Waals surface area contributed by atoms with Crippen LogP contribution in [-0.4, -0.2) is 53.6 Å². The molecule has 0 bridgehead atoms. The van der Waals surface area contributed by atoms with Crippen LogP contribution in [0.5, 0.6) is 0 Å². The van der Waals surface area contributed by atoms with Crippen LogP contribution in [0, 0.1) is 35.2 Å². The van der Waals surface area contributed by atoms with Crippen LogP contribution in [0.2, 0.25) is 0 Å². The largest absolute Gasteiger partial charge is 0.396 e. The van der Waals surface area contributed by atoms with Crippen molar-refractivity contribution >= 4 is 5.91 Å². The molecular weight excluding hydrogens is 345 g/mol.